The van der Waals surface area contributed by atoms with Gasteiger partial charge in [0.2, 0.25) is 17.5 Å². The fourth-order valence-electron chi connectivity index (χ4n) is 2.67. The van der Waals surface area contributed by atoms with Crippen molar-refractivity contribution in [1.82, 2.24) is 25.0 Å². The fourth-order valence-corrected chi connectivity index (χ4v) is 2.67. The first-order valence-electron chi connectivity index (χ1n) is 8.83. The summed E-state index contributed by atoms with van der Waals surface area (Å²) in [6.07, 6.45) is 4.77. The lowest BCUT2D eigenvalue weighted by Crippen LogP contribution is -2.44. The van der Waals surface area contributed by atoms with Gasteiger partial charge < -0.3 is 23.9 Å². The van der Waals surface area contributed by atoms with Crippen molar-refractivity contribution in [2.45, 2.75) is 12.5 Å². The first kappa shape index (κ1) is 21.6. The third-order valence-corrected chi connectivity index (χ3v) is 4.15. The van der Waals surface area contributed by atoms with Crippen LogP contribution in [0.4, 0.5) is 0 Å². The van der Waals surface area contributed by atoms with Crippen LogP contribution in [-0.2, 0) is 20.9 Å². The highest BCUT2D eigenvalue weighted by atomic mass is 16.5. The highest BCUT2D eigenvalue weighted by Gasteiger charge is 2.33. The van der Waals surface area contributed by atoms with Gasteiger partial charge in [-0.15, -0.1) is 0 Å². The van der Waals surface area contributed by atoms with Gasteiger partial charge in [-0.1, -0.05) is 5.16 Å². The molecule has 0 radical (unpaired) electrons. The smallest absolute Gasteiger partial charge is 0.414 e. The normalized spacial score (nSPS) is 13.6. The Hall–Kier alpha value is -4.13. The third-order valence-electron chi connectivity index (χ3n) is 4.15. The van der Waals surface area contributed by atoms with Gasteiger partial charge in [-0.3, -0.25) is 9.88 Å². The number of furan rings is 1. The number of rotatable bonds is 5. The van der Waals surface area contributed by atoms with Crippen LogP contribution >= 0.6 is 0 Å². The molecule has 13 heteroatoms. The van der Waals surface area contributed by atoms with Gasteiger partial charge in [0, 0.05) is 25.5 Å². The number of carbonyl (C=O) groups is 3. The molecule has 0 atom stereocenters. The number of aromatic nitrogens is 4. The number of nitrogens with zero attached hydrogens (tertiary/aromatic N) is 5. The van der Waals surface area contributed by atoms with E-state index in [0.29, 0.717) is 29.7 Å². The molecule has 1 aliphatic heterocycles. The lowest BCUT2D eigenvalue weighted by molar-refractivity contribution is -0.159. The van der Waals surface area contributed by atoms with Crippen molar-refractivity contribution in [2.24, 2.45) is 0 Å². The van der Waals surface area contributed by atoms with Gasteiger partial charge in [0.1, 0.15) is 11.5 Å². The third kappa shape index (κ3) is 5.48. The second-order valence-electron chi connectivity index (χ2n) is 6.31. The average Bonchev–Trinajstić information content (AvgIpc) is 3.40. The molecule has 0 spiro atoms. The minimum Gasteiger partial charge on any atom is -0.473 e. The van der Waals surface area contributed by atoms with Crippen LogP contribution in [0.2, 0.25) is 0 Å². The lowest BCUT2D eigenvalue weighted by Gasteiger charge is -2.36. The Balaban J connectivity index is 0.000000401. The van der Waals surface area contributed by atoms with Gasteiger partial charge in [-0.05, 0) is 12.1 Å². The second kappa shape index (κ2) is 9.58. The molecule has 4 rings (SSSR count). The molecule has 1 aliphatic rings. The van der Waals surface area contributed by atoms with Crippen LogP contribution in [0.1, 0.15) is 28.1 Å². The summed E-state index contributed by atoms with van der Waals surface area (Å²) in [7, 11) is 1.32. The van der Waals surface area contributed by atoms with Crippen molar-refractivity contribution in [1.29, 1.82) is 0 Å². The maximum atomic E-state index is 11.4. The molecular formula is C18H17N5O8. The number of aliphatic carboxylic acids is 2. The summed E-state index contributed by atoms with van der Waals surface area (Å²) in [5.41, 5.74) is 0.583. The monoisotopic (exact) mass is 431 g/mol. The van der Waals surface area contributed by atoms with E-state index in [-0.39, 0.29) is 11.7 Å². The number of hydrogen-bond donors (Lipinski definition) is 2. The van der Waals surface area contributed by atoms with Crippen molar-refractivity contribution in [3.05, 3.63) is 48.1 Å². The predicted octanol–water partition coefficient (Wildman–Crippen LogP) is 0.661. The molecule has 0 unspecified atom stereocenters. The van der Waals surface area contributed by atoms with Crippen LogP contribution in [0.5, 0.6) is 0 Å². The topological polar surface area (TPSA) is 182 Å². The maximum Gasteiger partial charge on any atom is 0.414 e. The molecule has 1 saturated heterocycles. The van der Waals surface area contributed by atoms with Gasteiger partial charge in [0.05, 0.1) is 25.8 Å². The molecule has 0 amide bonds. The van der Waals surface area contributed by atoms with Crippen LogP contribution in [0.25, 0.3) is 11.5 Å². The SMILES string of the molecule is COC(=O)c1ccc(CN2CC(c3nc(-c4cnccn4)no3)C2)o1.O=C(O)C(=O)O. The van der Waals surface area contributed by atoms with Crippen molar-refractivity contribution >= 4 is 17.9 Å². The minimum atomic E-state index is -1.82. The molecule has 13 nitrogen and oxygen atoms in total. The van der Waals surface area contributed by atoms with E-state index in [4.69, 9.17) is 28.7 Å². The molecule has 0 bridgehead atoms. The molecule has 0 aliphatic carbocycles. The zero-order valence-electron chi connectivity index (χ0n) is 16.2. The fraction of sp³-hybridized carbons (Fsp3) is 0.278. The maximum absolute atomic E-state index is 11.4. The van der Waals surface area contributed by atoms with E-state index >= 15 is 0 Å². The molecule has 162 valence electrons. The van der Waals surface area contributed by atoms with E-state index in [1.165, 1.54) is 7.11 Å². The summed E-state index contributed by atoms with van der Waals surface area (Å²) < 4.78 is 15.4. The van der Waals surface area contributed by atoms with E-state index in [2.05, 4.69) is 29.7 Å². The number of methoxy groups -OCH3 is 1. The summed E-state index contributed by atoms with van der Waals surface area (Å²) in [5.74, 6) is -2.00. The van der Waals surface area contributed by atoms with Crippen LogP contribution < -0.4 is 0 Å². The average molecular weight is 431 g/mol. The zero-order chi connectivity index (χ0) is 22.4. The van der Waals surface area contributed by atoms with Crippen LogP contribution in [-0.4, -0.2) is 73.3 Å². The molecule has 2 N–H and O–H groups in total. The molecule has 0 aromatic carbocycles. The first-order valence-corrected chi connectivity index (χ1v) is 8.83. The Morgan fingerprint density at radius 2 is 1.94 bits per heavy atom. The van der Waals surface area contributed by atoms with Crippen molar-refractivity contribution in [3.63, 3.8) is 0 Å². The summed E-state index contributed by atoms with van der Waals surface area (Å²) in [4.78, 5) is 44.3. The summed E-state index contributed by atoms with van der Waals surface area (Å²) in [5, 5.41) is 18.7. The van der Waals surface area contributed by atoms with Crippen molar-refractivity contribution in [3.8, 4) is 11.5 Å². The van der Waals surface area contributed by atoms with E-state index in [9.17, 15) is 4.79 Å². The van der Waals surface area contributed by atoms with Gasteiger partial charge in [-0.2, -0.15) is 4.98 Å². The number of carboxylic acids is 2. The second-order valence-corrected chi connectivity index (χ2v) is 6.31. The number of esters is 1. The van der Waals surface area contributed by atoms with Crippen molar-refractivity contribution in [2.75, 3.05) is 20.2 Å². The minimum absolute atomic E-state index is 0.174. The number of hydrogen-bond acceptors (Lipinski definition) is 11. The van der Waals surface area contributed by atoms with Gasteiger partial charge in [0.25, 0.3) is 0 Å². The van der Waals surface area contributed by atoms with E-state index in [1.54, 1.807) is 30.7 Å². The Morgan fingerprint density at radius 3 is 2.55 bits per heavy atom. The molecular weight excluding hydrogens is 414 g/mol. The van der Waals surface area contributed by atoms with Crippen molar-refractivity contribution < 1.29 is 38.3 Å². The molecule has 1 fully saturated rings. The Labute approximate surface area is 174 Å². The summed E-state index contributed by atoms with van der Waals surface area (Å²) in [6.45, 7) is 2.16. The Bertz CT molecular complexity index is 1050. The Kier molecular flexibility index (Phi) is 6.67. The number of carbonyl (C=O) groups excluding carboxylic acids is 1. The molecule has 3 aromatic rings. The molecule has 3 aromatic heterocycles. The lowest BCUT2D eigenvalue weighted by atomic mass is 10.00. The quantitative estimate of drug-likeness (QED) is 0.425. The zero-order valence-corrected chi connectivity index (χ0v) is 16.2. The van der Waals surface area contributed by atoms with Crippen LogP contribution in [0.3, 0.4) is 0 Å². The van der Waals surface area contributed by atoms with E-state index in [0.717, 1.165) is 13.1 Å². The van der Waals surface area contributed by atoms with Crippen LogP contribution in [0.15, 0.2) is 39.7 Å². The van der Waals surface area contributed by atoms with Gasteiger partial charge in [0.15, 0.2) is 0 Å². The number of likely N-dealkylation sites (tertiary alicyclic amines) is 1. The highest BCUT2D eigenvalue weighted by Crippen LogP contribution is 2.28. The Morgan fingerprint density at radius 1 is 1.19 bits per heavy atom. The number of ether oxygens (including phenoxy) is 1. The predicted molar refractivity (Wildman–Crippen MR) is 98.7 cm³/mol. The summed E-state index contributed by atoms with van der Waals surface area (Å²) in [6, 6.07) is 3.39. The molecule has 0 saturated carbocycles. The van der Waals surface area contributed by atoms with Gasteiger partial charge >= 0.3 is 17.9 Å². The first-order chi connectivity index (χ1) is 14.9. The molecule has 31 heavy (non-hydrogen) atoms. The van der Waals surface area contributed by atoms with Crippen LogP contribution in [0, 0.1) is 0 Å². The summed E-state index contributed by atoms with van der Waals surface area (Å²) >= 11 is 0. The van der Waals surface area contributed by atoms with E-state index in [1.807, 2.05) is 0 Å². The standard InChI is InChI=1S/C16H15N5O4.C2H2O4/c1-23-16(22)13-3-2-11(24-13)9-21-7-10(8-21)15-19-14(20-25-15)12-6-17-4-5-18-12;3-1(4)2(5)6/h2-6,10H,7-9H2,1H3;(H,3,4)(H,5,6). The van der Waals surface area contributed by atoms with Gasteiger partial charge in [-0.25, -0.2) is 19.4 Å². The largest absolute Gasteiger partial charge is 0.473 e. The van der Waals surface area contributed by atoms with E-state index < -0.39 is 17.9 Å². The number of carboxylic acid groups (broad SMARTS) is 2. The highest BCUT2D eigenvalue weighted by molar-refractivity contribution is 6.27. The molecule has 4 heterocycles.